The number of para-hydroxylation sites is 1. The molecule has 3 aromatic carbocycles. The van der Waals surface area contributed by atoms with Crippen LogP contribution in [0.15, 0.2) is 71.2 Å². The lowest BCUT2D eigenvalue weighted by Gasteiger charge is -2.14. The minimum absolute atomic E-state index is 0.107. The Morgan fingerprint density at radius 1 is 1.18 bits per heavy atom. The highest BCUT2D eigenvalue weighted by molar-refractivity contribution is 9.10. The van der Waals surface area contributed by atoms with Gasteiger partial charge in [-0.25, -0.2) is 0 Å². The lowest BCUT2D eigenvalue weighted by Crippen LogP contribution is -2.20. The number of carbonyl (C=O) groups excluding carboxylic acids is 1. The molecular weight excluding hydrogens is 490 g/mol. The molecule has 0 heterocycles. The van der Waals surface area contributed by atoms with E-state index in [0.29, 0.717) is 32.8 Å². The van der Waals surface area contributed by atoms with E-state index in [1.807, 2.05) is 18.2 Å². The van der Waals surface area contributed by atoms with E-state index in [1.54, 1.807) is 36.4 Å². The summed E-state index contributed by atoms with van der Waals surface area (Å²) in [6.07, 6.45) is 1.58. The highest BCUT2D eigenvalue weighted by Gasteiger charge is 2.15. The molecule has 0 atom stereocenters. The van der Waals surface area contributed by atoms with Crippen molar-refractivity contribution in [1.82, 2.24) is 0 Å². The van der Waals surface area contributed by atoms with E-state index in [9.17, 15) is 20.2 Å². The first kappa shape index (κ1) is 23.5. The molecule has 3 rings (SSSR count). The van der Waals surface area contributed by atoms with E-state index in [-0.39, 0.29) is 23.8 Å². The number of allylic oxidation sites excluding steroid dienone is 1. The van der Waals surface area contributed by atoms with E-state index in [4.69, 9.17) is 9.47 Å². The van der Waals surface area contributed by atoms with Crippen molar-refractivity contribution in [3.63, 3.8) is 0 Å². The second-order valence-corrected chi connectivity index (χ2v) is 7.57. The number of nitro benzene ring substituents is 1. The first-order valence-corrected chi connectivity index (χ1v) is 10.4. The number of non-ortho nitro benzene ring substituents is 1. The Bertz CT molecular complexity index is 1250. The Labute approximate surface area is 198 Å². The second-order valence-electron chi connectivity index (χ2n) is 6.71. The molecule has 0 saturated heterocycles. The van der Waals surface area contributed by atoms with Crippen molar-refractivity contribution in [1.29, 1.82) is 5.26 Å². The minimum atomic E-state index is -0.516. The third-order valence-corrected chi connectivity index (χ3v) is 5.05. The number of hydrogen-bond acceptors (Lipinski definition) is 6. The van der Waals surface area contributed by atoms with Crippen molar-refractivity contribution in [3.05, 3.63) is 92.4 Å². The zero-order valence-electron chi connectivity index (χ0n) is 17.4. The standard InChI is InChI=1S/C24H18BrN3O5/c1-32-22-12-16(10-18(14-26)17-6-5-9-20(13-17)28(30)31)11-21(25)24(22)33-15-23(29)27-19-7-3-2-4-8-19/h2-13H,15H2,1H3,(H,27,29). The van der Waals surface area contributed by atoms with Gasteiger partial charge in [0.1, 0.15) is 0 Å². The van der Waals surface area contributed by atoms with Gasteiger partial charge in [0.25, 0.3) is 11.6 Å². The highest BCUT2D eigenvalue weighted by atomic mass is 79.9. The van der Waals surface area contributed by atoms with Gasteiger partial charge < -0.3 is 14.8 Å². The molecule has 0 aliphatic heterocycles. The van der Waals surface area contributed by atoms with Crippen LogP contribution in [0.1, 0.15) is 11.1 Å². The average molecular weight is 508 g/mol. The van der Waals surface area contributed by atoms with Crippen LogP contribution in [0.4, 0.5) is 11.4 Å². The predicted octanol–water partition coefficient (Wildman–Crippen LogP) is 5.45. The molecule has 0 saturated carbocycles. The highest BCUT2D eigenvalue weighted by Crippen LogP contribution is 2.37. The largest absolute Gasteiger partial charge is 0.493 e. The van der Waals surface area contributed by atoms with Crippen LogP contribution in [0.25, 0.3) is 11.6 Å². The number of ether oxygens (including phenoxy) is 2. The van der Waals surface area contributed by atoms with Crippen LogP contribution >= 0.6 is 15.9 Å². The first-order valence-electron chi connectivity index (χ1n) is 9.63. The van der Waals surface area contributed by atoms with E-state index < -0.39 is 4.92 Å². The van der Waals surface area contributed by atoms with Gasteiger partial charge in [-0.1, -0.05) is 30.3 Å². The normalized spacial score (nSPS) is 10.8. The van der Waals surface area contributed by atoms with Crippen LogP contribution in [-0.2, 0) is 4.79 Å². The van der Waals surface area contributed by atoms with Crippen LogP contribution in [0.2, 0.25) is 0 Å². The van der Waals surface area contributed by atoms with Crippen molar-refractivity contribution in [2.75, 3.05) is 19.0 Å². The molecule has 8 nitrogen and oxygen atoms in total. The maximum absolute atomic E-state index is 12.2. The summed E-state index contributed by atoms with van der Waals surface area (Å²) < 4.78 is 11.6. The molecule has 0 fully saturated rings. The number of methoxy groups -OCH3 is 1. The van der Waals surface area contributed by atoms with Crippen molar-refractivity contribution < 1.29 is 19.2 Å². The Morgan fingerprint density at radius 2 is 1.94 bits per heavy atom. The summed E-state index contributed by atoms with van der Waals surface area (Å²) in [7, 11) is 1.46. The van der Waals surface area contributed by atoms with Gasteiger partial charge in [0, 0.05) is 17.8 Å². The Kier molecular flexibility index (Phi) is 7.78. The van der Waals surface area contributed by atoms with Crippen LogP contribution in [-0.4, -0.2) is 24.5 Å². The topological polar surface area (TPSA) is 114 Å². The van der Waals surface area contributed by atoms with E-state index in [1.165, 1.54) is 25.3 Å². The molecule has 0 aliphatic carbocycles. The van der Waals surface area contributed by atoms with Gasteiger partial charge in [0.2, 0.25) is 0 Å². The lowest BCUT2D eigenvalue weighted by molar-refractivity contribution is -0.384. The summed E-state index contributed by atoms with van der Waals surface area (Å²) in [5.41, 5.74) is 1.80. The zero-order chi connectivity index (χ0) is 23.8. The third kappa shape index (κ3) is 6.18. The molecule has 1 N–H and O–H groups in total. The summed E-state index contributed by atoms with van der Waals surface area (Å²) in [5, 5.41) is 23.4. The molecule has 0 bridgehead atoms. The molecule has 0 spiro atoms. The minimum Gasteiger partial charge on any atom is -0.493 e. The molecule has 3 aromatic rings. The maximum Gasteiger partial charge on any atom is 0.270 e. The lowest BCUT2D eigenvalue weighted by atomic mass is 10.0. The molecule has 0 unspecified atom stereocenters. The van der Waals surface area contributed by atoms with Crippen LogP contribution in [0.3, 0.4) is 0 Å². The summed E-state index contributed by atoms with van der Waals surface area (Å²) in [4.78, 5) is 22.7. The van der Waals surface area contributed by atoms with Crippen molar-refractivity contribution in [2.24, 2.45) is 0 Å². The average Bonchev–Trinajstić information content (AvgIpc) is 2.82. The number of rotatable bonds is 8. The van der Waals surface area contributed by atoms with E-state index >= 15 is 0 Å². The predicted molar refractivity (Wildman–Crippen MR) is 128 cm³/mol. The third-order valence-electron chi connectivity index (χ3n) is 4.46. The second kappa shape index (κ2) is 10.9. The summed E-state index contributed by atoms with van der Waals surface area (Å²) in [5.74, 6) is 0.336. The number of benzene rings is 3. The van der Waals surface area contributed by atoms with Crippen molar-refractivity contribution in [2.45, 2.75) is 0 Å². The molecular formula is C24H18BrN3O5. The number of carbonyl (C=O) groups is 1. The monoisotopic (exact) mass is 507 g/mol. The van der Waals surface area contributed by atoms with Gasteiger partial charge in [-0.2, -0.15) is 5.26 Å². The summed E-state index contributed by atoms with van der Waals surface area (Å²) in [6.45, 7) is -0.240. The number of hydrogen-bond donors (Lipinski definition) is 1. The first-order chi connectivity index (χ1) is 15.9. The van der Waals surface area contributed by atoms with Gasteiger partial charge in [-0.05, 0) is 57.4 Å². The Morgan fingerprint density at radius 3 is 2.61 bits per heavy atom. The molecule has 0 aliphatic rings. The van der Waals surface area contributed by atoms with Gasteiger partial charge in [-0.15, -0.1) is 0 Å². The SMILES string of the molecule is COc1cc(C=C(C#N)c2cccc([N+](=O)[O-])c2)cc(Br)c1OCC(=O)Nc1ccccc1. The van der Waals surface area contributed by atoms with Gasteiger partial charge in [0.15, 0.2) is 18.1 Å². The number of amides is 1. The fourth-order valence-corrected chi connectivity index (χ4v) is 3.53. The van der Waals surface area contributed by atoms with Crippen LogP contribution < -0.4 is 14.8 Å². The molecule has 166 valence electrons. The molecule has 9 heteroatoms. The van der Waals surface area contributed by atoms with Crippen molar-refractivity contribution in [3.8, 4) is 17.6 Å². The number of nitrogens with zero attached hydrogens (tertiary/aromatic N) is 2. The van der Waals surface area contributed by atoms with Crippen LogP contribution in [0, 0.1) is 21.4 Å². The number of nitriles is 1. The quantitative estimate of drug-likeness (QED) is 0.187. The fraction of sp³-hybridized carbons (Fsp3) is 0.0833. The van der Waals surface area contributed by atoms with Crippen LogP contribution in [0.5, 0.6) is 11.5 Å². The number of nitro groups is 1. The Balaban J connectivity index is 1.82. The molecule has 1 amide bonds. The van der Waals surface area contributed by atoms with Crippen molar-refractivity contribution >= 4 is 44.9 Å². The summed E-state index contributed by atoms with van der Waals surface area (Å²) in [6, 6.07) is 20.2. The van der Waals surface area contributed by atoms with Gasteiger partial charge in [-0.3, -0.25) is 14.9 Å². The van der Waals surface area contributed by atoms with E-state index in [0.717, 1.165) is 0 Å². The molecule has 33 heavy (non-hydrogen) atoms. The number of anilines is 1. The smallest absolute Gasteiger partial charge is 0.270 e. The number of nitrogens with one attached hydrogen (secondary N) is 1. The summed E-state index contributed by atoms with van der Waals surface area (Å²) >= 11 is 3.42. The maximum atomic E-state index is 12.2. The zero-order valence-corrected chi connectivity index (χ0v) is 19.0. The fourth-order valence-electron chi connectivity index (χ4n) is 2.95. The molecule has 0 radical (unpaired) electrons. The van der Waals surface area contributed by atoms with Gasteiger partial charge in [0.05, 0.1) is 28.1 Å². The number of halogens is 1. The van der Waals surface area contributed by atoms with E-state index in [2.05, 4.69) is 27.3 Å². The Hall–Kier alpha value is -4.16. The van der Waals surface area contributed by atoms with Gasteiger partial charge >= 0.3 is 0 Å². The molecule has 0 aromatic heterocycles.